The number of carbonyl (C=O) groups is 2. The molecule has 1 N–H and O–H groups in total. The highest BCUT2D eigenvalue weighted by molar-refractivity contribution is 5.77. The van der Waals surface area contributed by atoms with Gasteiger partial charge in [0, 0.05) is 33.0 Å². The van der Waals surface area contributed by atoms with Crippen LogP contribution in [0.1, 0.15) is 19.3 Å². The van der Waals surface area contributed by atoms with Gasteiger partial charge in [0.15, 0.2) is 0 Å². The van der Waals surface area contributed by atoms with Crippen molar-refractivity contribution in [2.45, 2.75) is 19.3 Å². The maximum absolute atomic E-state index is 11.7. The van der Waals surface area contributed by atoms with Crippen LogP contribution in [-0.2, 0) is 14.3 Å². The molecule has 0 radical (unpaired) electrons. The minimum absolute atomic E-state index is 0.0257. The molecule has 0 saturated heterocycles. The van der Waals surface area contributed by atoms with E-state index < -0.39 is 5.97 Å². The molecule has 1 amide bonds. The third-order valence-corrected chi connectivity index (χ3v) is 2.05. The second-order valence-electron chi connectivity index (χ2n) is 3.37. The van der Waals surface area contributed by atoms with Gasteiger partial charge in [0.25, 0.3) is 0 Å². The van der Waals surface area contributed by atoms with Crippen LogP contribution in [0.15, 0.2) is 12.7 Å². The molecule has 0 aliphatic heterocycles. The van der Waals surface area contributed by atoms with Gasteiger partial charge in [0.05, 0.1) is 6.61 Å². The van der Waals surface area contributed by atoms with Gasteiger partial charge in [-0.3, -0.25) is 9.59 Å². The highest BCUT2D eigenvalue weighted by Gasteiger charge is 2.11. The number of hydrogen-bond donors (Lipinski definition) is 1. The molecule has 0 aliphatic carbocycles. The van der Waals surface area contributed by atoms with E-state index in [2.05, 4.69) is 6.58 Å². The Morgan fingerprint density at radius 3 is 2.62 bits per heavy atom. The fourth-order valence-corrected chi connectivity index (χ4v) is 1.22. The number of amides is 1. The first kappa shape index (κ1) is 14.6. The van der Waals surface area contributed by atoms with Crippen molar-refractivity contribution < 1.29 is 19.4 Å². The molecule has 0 aromatic rings. The van der Waals surface area contributed by atoms with Gasteiger partial charge in [-0.1, -0.05) is 6.08 Å². The van der Waals surface area contributed by atoms with Crippen LogP contribution < -0.4 is 0 Å². The first-order valence-electron chi connectivity index (χ1n) is 5.21. The Hall–Kier alpha value is -1.36. The van der Waals surface area contributed by atoms with Crippen LogP contribution in [-0.4, -0.2) is 48.7 Å². The van der Waals surface area contributed by atoms with Gasteiger partial charge in [0.2, 0.25) is 5.91 Å². The molecule has 92 valence electrons. The zero-order valence-corrected chi connectivity index (χ0v) is 9.65. The Balaban J connectivity index is 3.95. The van der Waals surface area contributed by atoms with Crippen LogP contribution in [0.25, 0.3) is 0 Å². The standard InChI is InChI=1S/C11H19NO4/c1-3-7-12(8-9-16-2)10(13)5-4-6-11(14)15/h3H,1,4-9H2,2H3,(H,14,15). The number of carbonyl (C=O) groups excluding carboxylic acids is 1. The van der Waals surface area contributed by atoms with E-state index in [0.29, 0.717) is 26.1 Å². The summed E-state index contributed by atoms with van der Waals surface area (Å²) in [5, 5.41) is 8.45. The van der Waals surface area contributed by atoms with Crippen LogP contribution >= 0.6 is 0 Å². The molecule has 16 heavy (non-hydrogen) atoms. The van der Waals surface area contributed by atoms with Crippen LogP contribution in [0, 0.1) is 0 Å². The van der Waals surface area contributed by atoms with Crippen molar-refractivity contribution in [2.24, 2.45) is 0 Å². The van der Waals surface area contributed by atoms with E-state index in [4.69, 9.17) is 9.84 Å². The van der Waals surface area contributed by atoms with Crippen molar-refractivity contribution in [1.29, 1.82) is 0 Å². The molecule has 0 bridgehead atoms. The Kier molecular flexibility index (Phi) is 8.15. The van der Waals surface area contributed by atoms with Gasteiger partial charge >= 0.3 is 5.97 Å². The molecule has 0 spiro atoms. The number of rotatable bonds is 9. The fourth-order valence-electron chi connectivity index (χ4n) is 1.22. The molecule has 0 fully saturated rings. The summed E-state index contributed by atoms with van der Waals surface area (Å²) in [6, 6.07) is 0. The third-order valence-electron chi connectivity index (χ3n) is 2.05. The number of nitrogens with zero attached hydrogens (tertiary/aromatic N) is 1. The summed E-state index contributed by atoms with van der Waals surface area (Å²) in [7, 11) is 1.57. The molecule has 0 heterocycles. The fraction of sp³-hybridized carbons (Fsp3) is 0.636. The second kappa shape index (κ2) is 8.91. The van der Waals surface area contributed by atoms with Crippen molar-refractivity contribution in [3.05, 3.63) is 12.7 Å². The number of carboxylic acids is 1. The van der Waals surface area contributed by atoms with Gasteiger partial charge < -0.3 is 14.7 Å². The first-order valence-corrected chi connectivity index (χ1v) is 5.21. The summed E-state index contributed by atoms with van der Waals surface area (Å²) in [6.07, 6.45) is 2.29. The molecule has 0 aliphatic rings. The number of methoxy groups -OCH3 is 1. The van der Waals surface area contributed by atoms with Gasteiger partial charge in [0.1, 0.15) is 0 Å². The maximum Gasteiger partial charge on any atom is 0.303 e. The highest BCUT2D eigenvalue weighted by Crippen LogP contribution is 2.01. The smallest absolute Gasteiger partial charge is 0.303 e. The third kappa shape index (κ3) is 7.00. The topological polar surface area (TPSA) is 66.8 Å². The van der Waals surface area contributed by atoms with E-state index in [1.165, 1.54) is 0 Å². The first-order chi connectivity index (χ1) is 7.61. The minimum atomic E-state index is -0.875. The number of ether oxygens (including phenoxy) is 1. The Morgan fingerprint density at radius 1 is 1.44 bits per heavy atom. The van der Waals surface area contributed by atoms with E-state index in [0.717, 1.165) is 0 Å². The Morgan fingerprint density at radius 2 is 2.12 bits per heavy atom. The van der Waals surface area contributed by atoms with Gasteiger partial charge in [-0.05, 0) is 6.42 Å². The molecule has 5 heteroatoms. The van der Waals surface area contributed by atoms with E-state index in [-0.39, 0.29) is 18.7 Å². The summed E-state index contributed by atoms with van der Waals surface area (Å²) in [6.45, 7) is 5.02. The number of carboxylic acid groups (broad SMARTS) is 1. The van der Waals surface area contributed by atoms with Crippen molar-refractivity contribution in [3.63, 3.8) is 0 Å². The number of hydrogen-bond acceptors (Lipinski definition) is 3. The zero-order valence-electron chi connectivity index (χ0n) is 9.65. The monoisotopic (exact) mass is 229 g/mol. The molecule has 5 nitrogen and oxygen atoms in total. The molecular formula is C11H19NO4. The average Bonchev–Trinajstić information content (AvgIpc) is 2.23. The van der Waals surface area contributed by atoms with Gasteiger partial charge in [-0.15, -0.1) is 6.58 Å². The Bertz CT molecular complexity index is 240. The van der Waals surface area contributed by atoms with Crippen LogP contribution in [0.3, 0.4) is 0 Å². The predicted octanol–water partition coefficient (Wildman–Crippen LogP) is 0.902. The highest BCUT2D eigenvalue weighted by atomic mass is 16.5. The van der Waals surface area contributed by atoms with E-state index in [1.807, 2.05) is 0 Å². The maximum atomic E-state index is 11.7. The lowest BCUT2D eigenvalue weighted by Gasteiger charge is -2.20. The lowest BCUT2D eigenvalue weighted by molar-refractivity contribution is -0.137. The normalized spacial score (nSPS) is 9.81. The average molecular weight is 229 g/mol. The SMILES string of the molecule is C=CCN(CCOC)C(=O)CCCC(=O)O. The Labute approximate surface area is 95.7 Å². The van der Waals surface area contributed by atoms with E-state index in [1.54, 1.807) is 18.1 Å². The quantitative estimate of drug-likeness (QED) is 0.596. The van der Waals surface area contributed by atoms with Crippen LogP contribution in [0.4, 0.5) is 0 Å². The summed E-state index contributed by atoms with van der Waals surface area (Å²) in [5.41, 5.74) is 0. The molecule has 0 unspecified atom stereocenters. The zero-order chi connectivity index (χ0) is 12.4. The summed E-state index contributed by atoms with van der Waals surface area (Å²) < 4.78 is 4.89. The van der Waals surface area contributed by atoms with Crippen molar-refractivity contribution in [2.75, 3.05) is 26.8 Å². The summed E-state index contributed by atoms with van der Waals surface area (Å²) in [4.78, 5) is 23.5. The van der Waals surface area contributed by atoms with Crippen molar-refractivity contribution in [3.8, 4) is 0 Å². The summed E-state index contributed by atoms with van der Waals surface area (Å²) >= 11 is 0. The molecule has 0 saturated carbocycles. The van der Waals surface area contributed by atoms with Crippen LogP contribution in [0.2, 0.25) is 0 Å². The van der Waals surface area contributed by atoms with Crippen molar-refractivity contribution in [1.82, 2.24) is 4.90 Å². The second-order valence-corrected chi connectivity index (χ2v) is 3.37. The molecule has 0 aromatic heterocycles. The van der Waals surface area contributed by atoms with Gasteiger partial charge in [-0.25, -0.2) is 0 Å². The molecule has 0 aromatic carbocycles. The molecular weight excluding hydrogens is 210 g/mol. The van der Waals surface area contributed by atoms with E-state index in [9.17, 15) is 9.59 Å². The predicted molar refractivity (Wildman–Crippen MR) is 60.1 cm³/mol. The lowest BCUT2D eigenvalue weighted by atomic mass is 10.2. The van der Waals surface area contributed by atoms with Gasteiger partial charge in [-0.2, -0.15) is 0 Å². The van der Waals surface area contributed by atoms with E-state index >= 15 is 0 Å². The lowest BCUT2D eigenvalue weighted by Crippen LogP contribution is -2.33. The summed E-state index contributed by atoms with van der Waals surface area (Å²) in [5.74, 6) is -0.932. The van der Waals surface area contributed by atoms with Crippen LogP contribution in [0.5, 0.6) is 0 Å². The molecule has 0 rings (SSSR count). The number of aliphatic carboxylic acids is 1. The minimum Gasteiger partial charge on any atom is -0.481 e. The van der Waals surface area contributed by atoms with Crippen molar-refractivity contribution >= 4 is 11.9 Å². The largest absolute Gasteiger partial charge is 0.481 e. The molecule has 0 atom stereocenters.